The quantitative estimate of drug-likeness (QED) is 0.815. The number of amides is 2. The van der Waals surface area contributed by atoms with Gasteiger partial charge >= 0.3 is 0 Å². The topological polar surface area (TPSA) is 52.7 Å². The summed E-state index contributed by atoms with van der Waals surface area (Å²) in [7, 11) is 0. The fraction of sp³-hybridized carbons (Fsp3) is 0.391. The van der Waals surface area contributed by atoms with Crippen molar-refractivity contribution in [2.45, 2.75) is 26.3 Å². The molecule has 0 atom stereocenters. The van der Waals surface area contributed by atoms with Crippen molar-refractivity contribution in [1.82, 2.24) is 15.1 Å². The summed E-state index contributed by atoms with van der Waals surface area (Å²) < 4.78 is 13.1. The third kappa shape index (κ3) is 6.12. The van der Waals surface area contributed by atoms with Crippen molar-refractivity contribution < 1.29 is 14.0 Å². The highest BCUT2D eigenvalue weighted by molar-refractivity contribution is 5.95. The lowest BCUT2D eigenvalue weighted by Gasteiger charge is -2.22. The number of benzene rings is 2. The first-order chi connectivity index (χ1) is 14.0. The van der Waals surface area contributed by atoms with E-state index >= 15 is 0 Å². The van der Waals surface area contributed by atoms with Crippen molar-refractivity contribution >= 4 is 11.8 Å². The maximum atomic E-state index is 13.1. The van der Waals surface area contributed by atoms with Crippen molar-refractivity contribution in [2.75, 3.05) is 32.7 Å². The van der Waals surface area contributed by atoms with Crippen molar-refractivity contribution in [1.29, 1.82) is 0 Å². The van der Waals surface area contributed by atoms with Gasteiger partial charge in [0.25, 0.3) is 5.91 Å². The lowest BCUT2D eigenvalue weighted by molar-refractivity contribution is -0.130. The summed E-state index contributed by atoms with van der Waals surface area (Å²) in [5, 5.41) is 2.84. The zero-order valence-electron chi connectivity index (χ0n) is 16.9. The Kier molecular flexibility index (Phi) is 7.36. The Morgan fingerprint density at radius 3 is 2.52 bits per heavy atom. The summed E-state index contributed by atoms with van der Waals surface area (Å²) in [6.07, 6.45) is 1.21. The molecule has 1 aliphatic rings. The average molecular weight is 397 g/mol. The van der Waals surface area contributed by atoms with Crippen LogP contribution in [0.5, 0.6) is 0 Å². The number of carbonyl (C=O) groups excluding carboxylic acids is 2. The second-order valence-electron chi connectivity index (χ2n) is 7.46. The van der Waals surface area contributed by atoms with Gasteiger partial charge in [-0.2, -0.15) is 0 Å². The van der Waals surface area contributed by atoms with Crippen LogP contribution in [-0.4, -0.2) is 54.3 Å². The Balaban J connectivity index is 1.42. The molecule has 1 fully saturated rings. The van der Waals surface area contributed by atoms with Crippen molar-refractivity contribution in [3.63, 3.8) is 0 Å². The maximum Gasteiger partial charge on any atom is 0.251 e. The summed E-state index contributed by atoms with van der Waals surface area (Å²) in [6, 6.07) is 14.0. The normalized spacial score (nSPS) is 15.0. The van der Waals surface area contributed by atoms with Crippen LogP contribution in [0.1, 0.15) is 34.3 Å². The minimum absolute atomic E-state index is 0.0683. The van der Waals surface area contributed by atoms with Gasteiger partial charge in [0.05, 0.1) is 0 Å². The fourth-order valence-corrected chi connectivity index (χ4v) is 3.59. The molecule has 1 saturated heterocycles. The smallest absolute Gasteiger partial charge is 0.251 e. The van der Waals surface area contributed by atoms with Gasteiger partial charge in [-0.25, -0.2) is 4.39 Å². The van der Waals surface area contributed by atoms with Crippen molar-refractivity contribution in [3.05, 3.63) is 71.0 Å². The zero-order chi connectivity index (χ0) is 20.6. The first-order valence-corrected chi connectivity index (χ1v) is 10.1. The first kappa shape index (κ1) is 21.0. The Bertz CT molecular complexity index is 838. The van der Waals surface area contributed by atoms with E-state index in [0.29, 0.717) is 25.1 Å². The van der Waals surface area contributed by atoms with E-state index in [-0.39, 0.29) is 17.6 Å². The molecule has 2 aromatic rings. The summed E-state index contributed by atoms with van der Waals surface area (Å²) in [5.41, 5.74) is 2.64. The minimum Gasteiger partial charge on any atom is -0.352 e. The summed E-state index contributed by atoms with van der Waals surface area (Å²) >= 11 is 0. The number of aryl methyl sites for hydroxylation is 1. The van der Waals surface area contributed by atoms with E-state index < -0.39 is 0 Å². The number of hydrogen-bond acceptors (Lipinski definition) is 3. The van der Waals surface area contributed by atoms with Gasteiger partial charge in [0, 0.05) is 51.3 Å². The number of nitrogens with zero attached hydrogens (tertiary/aromatic N) is 2. The molecule has 1 N–H and O–H groups in total. The van der Waals surface area contributed by atoms with Crippen LogP contribution in [0, 0.1) is 12.7 Å². The molecule has 0 radical (unpaired) electrons. The summed E-state index contributed by atoms with van der Waals surface area (Å²) in [6.45, 7) is 6.09. The molecule has 0 saturated carbocycles. The second-order valence-corrected chi connectivity index (χ2v) is 7.46. The molecule has 0 unspecified atom stereocenters. The van der Waals surface area contributed by atoms with Crippen LogP contribution < -0.4 is 5.32 Å². The van der Waals surface area contributed by atoms with E-state index in [1.807, 2.05) is 30.0 Å². The molecule has 154 valence electrons. The van der Waals surface area contributed by atoms with Gasteiger partial charge in [-0.15, -0.1) is 0 Å². The van der Waals surface area contributed by atoms with Crippen LogP contribution in [0.3, 0.4) is 0 Å². The molecule has 1 aliphatic heterocycles. The molecule has 0 spiro atoms. The van der Waals surface area contributed by atoms with Crippen molar-refractivity contribution in [3.8, 4) is 0 Å². The zero-order valence-corrected chi connectivity index (χ0v) is 16.9. The third-order valence-electron chi connectivity index (χ3n) is 5.27. The molecule has 0 bridgehead atoms. The average Bonchev–Trinajstić information content (AvgIpc) is 2.95. The minimum atomic E-state index is -0.226. The highest BCUT2D eigenvalue weighted by Crippen LogP contribution is 2.11. The van der Waals surface area contributed by atoms with Crippen LogP contribution in [0.25, 0.3) is 0 Å². The van der Waals surface area contributed by atoms with E-state index in [1.54, 1.807) is 18.2 Å². The molecule has 29 heavy (non-hydrogen) atoms. The predicted octanol–water partition coefficient (Wildman–Crippen LogP) is 2.99. The highest BCUT2D eigenvalue weighted by Gasteiger charge is 2.19. The molecule has 0 aromatic heterocycles. The molecule has 3 rings (SSSR count). The molecular formula is C23H28FN3O2. The van der Waals surface area contributed by atoms with E-state index in [4.69, 9.17) is 0 Å². The predicted molar refractivity (Wildman–Crippen MR) is 111 cm³/mol. The number of nitrogens with one attached hydrogen (secondary N) is 1. The maximum absolute atomic E-state index is 13.1. The molecule has 5 nitrogen and oxygen atoms in total. The molecular weight excluding hydrogens is 369 g/mol. The van der Waals surface area contributed by atoms with Gasteiger partial charge in [-0.1, -0.05) is 30.3 Å². The SMILES string of the molecule is Cc1ccccc1C(=O)NCCC(=O)N1CCCN(Cc2ccc(F)cc2)CC1. The molecule has 2 aromatic carbocycles. The van der Waals surface area contributed by atoms with Crippen LogP contribution in [0.2, 0.25) is 0 Å². The van der Waals surface area contributed by atoms with E-state index in [9.17, 15) is 14.0 Å². The van der Waals surface area contributed by atoms with E-state index in [1.165, 1.54) is 12.1 Å². The first-order valence-electron chi connectivity index (χ1n) is 10.1. The Hall–Kier alpha value is -2.73. The lowest BCUT2D eigenvalue weighted by Crippen LogP contribution is -2.37. The van der Waals surface area contributed by atoms with Gasteiger partial charge < -0.3 is 10.2 Å². The Morgan fingerprint density at radius 2 is 1.76 bits per heavy atom. The Morgan fingerprint density at radius 1 is 1.00 bits per heavy atom. The summed E-state index contributed by atoms with van der Waals surface area (Å²) in [5.74, 6) is -0.299. The number of halogens is 1. The van der Waals surface area contributed by atoms with Gasteiger partial charge in [0.2, 0.25) is 5.91 Å². The monoisotopic (exact) mass is 397 g/mol. The van der Waals surface area contributed by atoms with Crippen LogP contribution in [0.4, 0.5) is 4.39 Å². The standard InChI is InChI=1S/C23H28FN3O2/c1-18-5-2-3-6-21(18)23(29)25-12-11-22(28)27-14-4-13-26(15-16-27)17-19-7-9-20(24)10-8-19/h2-3,5-10H,4,11-17H2,1H3,(H,25,29). The lowest BCUT2D eigenvalue weighted by atomic mass is 10.1. The summed E-state index contributed by atoms with van der Waals surface area (Å²) in [4.78, 5) is 29.0. The van der Waals surface area contributed by atoms with Gasteiger partial charge in [-0.3, -0.25) is 14.5 Å². The van der Waals surface area contributed by atoms with Crippen LogP contribution in [0.15, 0.2) is 48.5 Å². The Labute approximate surface area is 171 Å². The van der Waals surface area contributed by atoms with Crippen LogP contribution in [-0.2, 0) is 11.3 Å². The number of carbonyl (C=O) groups is 2. The molecule has 0 aliphatic carbocycles. The van der Waals surface area contributed by atoms with Crippen LogP contribution >= 0.6 is 0 Å². The highest BCUT2D eigenvalue weighted by atomic mass is 19.1. The van der Waals surface area contributed by atoms with Gasteiger partial charge in [0.1, 0.15) is 5.82 Å². The molecule has 1 heterocycles. The van der Waals surface area contributed by atoms with Gasteiger partial charge in [-0.05, 0) is 42.7 Å². The third-order valence-corrected chi connectivity index (χ3v) is 5.27. The largest absolute Gasteiger partial charge is 0.352 e. The number of hydrogen-bond donors (Lipinski definition) is 1. The van der Waals surface area contributed by atoms with E-state index in [2.05, 4.69) is 10.2 Å². The molecule has 6 heteroatoms. The molecule has 2 amide bonds. The van der Waals surface area contributed by atoms with Gasteiger partial charge in [0.15, 0.2) is 0 Å². The number of rotatable bonds is 6. The second kappa shape index (κ2) is 10.2. The fourth-order valence-electron chi connectivity index (χ4n) is 3.59. The van der Waals surface area contributed by atoms with Crippen molar-refractivity contribution in [2.24, 2.45) is 0 Å². The van der Waals surface area contributed by atoms with E-state index in [0.717, 1.165) is 43.7 Å².